The molecule has 0 fully saturated rings. The Balaban J connectivity index is 0.000000317. The second-order valence-corrected chi connectivity index (χ2v) is 6.66. The average Bonchev–Trinajstić information content (AvgIpc) is 2.92. The van der Waals surface area contributed by atoms with Crippen LogP contribution in [-0.4, -0.2) is 44.0 Å². The van der Waals surface area contributed by atoms with Crippen LogP contribution in [0.3, 0.4) is 0 Å². The smallest absolute Gasteiger partial charge is 0.233 e. The number of hydrogen-bond donors (Lipinski definition) is 4. The van der Waals surface area contributed by atoms with E-state index in [0.717, 1.165) is 11.4 Å². The van der Waals surface area contributed by atoms with Gasteiger partial charge in [0, 0.05) is 25.5 Å². The third-order valence-electron chi connectivity index (χ3n) is 3.72. The number of halogens is 2. The van der Waals surface area contributed by atoms with Gasteiger partial charge in [-0.15, -0.1) is 0 Å². The highest BCUT2D eigenvalue weighted by Crippen LogP contribution is 2.16. The first-order valence-electron chi connectivity index (χ1n) is 11.4. The molecule has 0 aliphatic rings. The summed E-state index contributed by atoms with van der Waals surface area (Å²) in [7, 11) is 3.44. The highest BCUT2D eigenvalue weighted by atomic mass is 35.5. The molecule has 0 saturated carbocycles. The SMILES string of the molecule is CC.CC.CNc1nc(Cl)nc(Nc2ccccc2)n1.CNc1nc(Cl)nc(Nc2ccccc2)n1. The molecular weight excluding hydrogens is 499 g/mol. The molecule has 0 bridgehead atoms. The van der Waals surface area contributed by atoms with Gasteiger partial charge in [-0.1, -0.05) is 64.1 Å². The lowest BCUT2D eigenvalue weighted by atomic mass is 10.3. The van der Waals surface area contributed by atoms with Crippen LogP contribution in [0.1, 0.15) is 27.7 Å². The van der Waals surface area contributed by atoms with E-state index in [1.54, 1.807) is 14.1 Å². The van der Waals surface area contributed by atoms with Crippen molar-refractivity contribution in [2.75, 3.05) is 35.4 Å². The van der Waals surface area contributed by atoms with E-state index in [1.807, 2.05) is 88.4 Å². The lowest BCUT2D eigenvalue weighted by molar-refractivity contribution is 1.05. The van der Waals surface area contributed by atoms with Crippen molar-refractivity contribution in [3.05, 3.63) is 71.2 Å². The molecule has 4 rings (SSSR count). The molecule has 12 heteroatoms. The summed E-state index contributed by atoms with van der Waals surface area (Å²) in [5.41, 5.74) is 1.79. The summed E-state index contributed by atoms with van der Waals surface area (Å²) in [6, 6.07) is 19.2. The summed E-state index contributed by atoms with van der Waals surface area (Å²) in [4.78, 5) is 23.9. The quantitative estimate of drug-likeness (QED) is 0.214. The van der Waals surface area contributed by atoms with Gasteiger partial charge in [-0.2, -0.15) is 29.9 Å². The predicted octanol–water partition coefficient (Wildman–Crippen LogP) is 6.67. The number of para-hydroxylation sites is 2. The highest BCUT2D eigenvalue weighted by molar-refractivity contribution is 6.28. The van der Waals surface area contributed by atoms with Crippen LogP contribution in [0.2, 0.25) is 10.6 Å². The number of hydrogen-bond acceptors (Lipinski definition) is 10. The zero-order valence-electron chi connectivity index (χ0n) is 21.2. The fourth-order valence-electron chi connectivity index (χ4n) is 2.34. The van der Waals surface area contributed by atoms with Gasteiger partial charge in [-0.3, -0.25) is 0 Å². The molecule has 0 radical (unpaired) electrons. The monoisotopic (exact) mass is 530 g/mol. The summed E-state index contributed by atoms with van der Waals surface area (Å²) in [5.74, 6) is 1.68. The van der Waals surface area contributed by atoms with E-state index in [4.69, 9.17) is 23.2 Å². The molecule has 0 aliphatic carbocycles. The van der Waals surface area contributed by atoms with Crippen LogP contribution in [0.5, 0.6) is 0 Å². The lowest BCUT2D eigenvalue weighted by Gasteiger charge is -2.05. The second-order valence-electron chi connectivity index (χ2n) is 5.99. The molecule has 0 unspecified atom stereocenters. The van der Waals surface area contributed by atoms with Crippen molar-refractivity contribution in [2.45, 2.75) is 27.7 Å². The Labute approximate surface area is 222 Å². The Hall–Kier alpha value is -3.76. The van der Waals surface area contributed by atoms with Crippen molar-refractivity contribution in [3.8, 4) is 0 Å². The minimum absolute atomic E-state index is 0.151. The van der Waals surface area contributed by atoms with Gasteiger partial charge in [0.15, 0.2) is 0 Å². The first-order valence-corrected chi connectivity index (χ1v) is 12.1. The zero-order valence-corrected chi connectivity index (χ0v) is 22.7. The normalized spacial score (nSPS) is 9.11. The van der Waals surface area contributed by atoms with Crippen molar-refractivity contribution in [3.63, 3.8) is 0 Å². The molecule has 2 aromatic carbocycles. The van der Waals surface area contributed by atoms with Gasteiger partial charge in [-0.05, 0) is 47.5 Å². The van der Waals surface area contributed by atoms with Gasteiger partial charge >= 0.3 is 0 Å². The Morgan fingerprint density at radius 1 is 0.472 bits per heavy atom. The predicted molar refractivity (Wildman–Crippen MR) is 151 cm³/mol. The van der Waals surface area contributed by atoms with Crippen molar-refractivity contribution in [1.82, 2.24) is 29.9 Å². The Bertz CT molecular complexity index is 1040. The van der Waals surface area contributed by atoms with E-state index in [1.165, 1.54) is 0 Å². The van der Waals surface area contributed by atoms with E-state index in [0.29, 0.717) is 23.8 Å². The standard InChI is InChI=1S/2C10H10ClN5.2C2H6/c2*1-12-9-14-8(11)15-10(16-9)13-7-5-3-2-4-6-7;2*1-2/h2*2-6H,1H3,(H2,12,13,14,15,16);2*1-2H3. The molecule has 0 spiro atoms. The summed E-state index contributed by atoms with van der Waals surface area (Å²) < 4.78 is 0. The average molecular weight is 531 g/mol. The minimum Gasteiger partial charge on any atom is -0.357 e. The second kappa shape index (κ2) is 17.6. The third kappa shape index (κ3) is 11.1. The topological polar surface area (TPSA) is 125 Å². The zero-order chi connectivity index (χ0) is 26.8. The summed E-state index contributed by atoms with van der Waals surface area (Å²) in [6.45, 7) is 8.00. The lowest BCUT2D eigenvalue weighted by Crippen LogP contribution is -2.03. The largest absolute Gasteiger partial charge is 0.357 e. The first-order chi connectivity index (χ1) is 17.6. The maximum Gasteiger partial charge on any atom is 0.233 e. The van der Waals surface area contributed by atoms with Gasteiger partial charge in [0.2, 0.25) is 34.4 Å². The van der Waals surface area contributed by atoms with Gasteiger partial charge in [0.25, 0.3) is 0 Å². The van der Waals surface area contributed by atoms with Crippen LogP contribution in [0, 0.1) is 0 Å². The fraction of sp³-hybridized carbons (Fsp3) is 0.250. The number of nitrogens with zero attached hydrogens (tertiary/aromatic N) is 6. The number of benzene rings is 2. The molecule has 2 heterocycles. The molecule has 4 N–H and O–H groups in total. The molecule has 192 valence electrons. The Morgan fingerprint density at radius 3 is 1.08 bits per heavy atom. The summed E-state index contributed by atoms with van der Waals surface area (Å²) in [5, 5.41) is 12.0. The van der Waals surface area contributed by atoms with Crippen molar-refractivity contribution < 1.29 is 0 Å². The van der Waals surface area contributed by atoms with Crippen LogP contribution in [0.15, 0.2) is 60.7 Å². The fourth-order valence-corrected chi connectivity index (χ4v) is 2.66. The van der Waals surface area contributed by atoms with Crippen molar-refractivity contribution >= 4 is 58.4 Å². The van der Waals surface area contributed by atoms with Gasteiger partial charge in [0.1, 0.15) is 0 Å². The van der Waals surface area contributed by atoms with Crippen molar-refractivity contribution in [2.24, 2.45) is 0 Å². The van der Waals surface area contributed by atoms with Crippen molar-refractivity contribution in [1.29, 1.82) is 0 Å². The van der Waals surface area contributed by atoms with Crippen LogP contribution in [0.4, 0.5) is 35.2 Å². The van der Waals surface area contributed by atoms with Gasteiger partial charge in [0.05, 0.1) is 0 Å². The van der Waals surface area contributed by atoms with Crippen LogP contribution < -0.4 is 21.3 Å². The summed E-state index contributed by atoms with van der Waals surface area (Å²) >= 11 is 11.5. The highest BCUT2D eigenvalue weighted by Gasteiger charge is 2.04. The third-order valence-corrected chi connectivity index (χ3v) is 4.06. The number of rotatable bonds is 6. The number of aromatic nitrogens is 6. The molecular formula is C24H32Cl2N10. The minimum atomic E-state index is 0.151. The number of anilines is 6. The molecule has 0 aliphatic heterocycles. The van der Waals surface area contributed by atoms with E-state index in [2.05, 4.69) is 51.2 Å². The molecule has 2 aromatic heterocycles. The maximum absolute atomic E-state index is 5.75. The molecule has 10 nitrogen and oxygen atoms in total. The molecule has 4 aromatic rings. The molecule has 36 heavy (non-hydrogen) atoms. The van der Waals surface area contributed by atoms with E-state index >= 15 is 0 Å². The van der Waals surface area contributed by atoms with Gasteiger partial charge in [-0.25, -0.2) is 0 Å². The van der Waals surface area contributed by atoms with E-state index in [9.17, 15) is 0 Å². The molecule has 0 atom stereocenters. The number of nitrogens with one attached hydrogen (secondary N) is 4. The first kappa shape index (κ1) is 30.3. The van der Waals surface area contributed by atoms with Gasteiger partial charge < -0.3 is 21.3 Å². The van der Waals surface area contributed by atoms with E-state index in [-0.39, 0.29) is 10.6 Å². The van der Waals surface area contributed by atoms with Crippen LogP contribution >= 0.6 is 23.2 Å². The Morgan fingerprint density at radius 2 is 0.778 bits per heavy atom. The molecule has 0 saturated heterocycles. The van der Waals surface area contributed by atoms with Crippen LogP contribution in [0.25, 0.3) is 0 Å². The summed E-state index contributed by atoms with van der Waals surface area (Å²) in [6.07, 6.45) is 0. The maximum atomic E-state index is 5.75. The van der Waals surface area contributed by atoms with E-state index < -0.39 is 0 Å². The molecule has 0 amide bonds. The van der Waals surface area contributed by atoms with Crippen LogP contribution in [-0.2, 0) is 0 Å². The Kier molecular flexibility index (Phi) is 14.8.